The lowest BCUT2D eigenvalue weighted by Crippen LogP contribution is -2.43. The molecule has 1 rings (SSSR count). The van der Waals surface area contributed by atoms with Crippen molar-refractivity contribution < 1.29 is 14.6 Å². The molecule has 0 aliphatic carbocycles. The highest BCUT2D eigenvalue weighted by molar-refractivity contribution is 8.00. The molecule has 1 aliphatic heterocycles. The summed E-state index contributed by atoms with van der Waals surface area (Å²) in [6, 6.07) is 0. The van der Waals surface area contributed by atoms with Gasteiger partial charge in [0.1, 0.15) is 4.75 Å². The summed E-state index contributed by atoms with van der Waals surface area (Å²) in [5.74, 6) is -0.231. The molecule has 17 heavy (non-hydrogen) atoms. The summed E-state index contributed by atoms with van der Waals surface area (Å²) in [6.07, 6.45) is 8.51. The van der Waals surface area contributed by atoms with Crippen molar-refractivity contribution in [1.82, 2.24) is 0 Å². The molecule has 1 aliphatic rings. The second kappa shape index (κ2) is 7.27. The highest BCUT2D eigenvalue weighted by atomic mass is 32.2. The van der Waals surface area contributed by atoms with Gasteiger partial charge in [0.2, 0.25) is 0 Å². The van der Waals surface area contributed by atoms with E-state index in [1.54, 1.807) is 0 Å². The van der Waals surface area contributed by atoms with Crippen molar-refractivity contribution in [2.75, 3.05) is 12.9 Å². The number of cyclic esters (lactones) is 1. The van der Waals surface area contributed by atoms with Crippen molar-refractivity contribution in [2.45, 2.75) is 62.7 Å². The number of ether oxygens (including phenoxy) is 1. The van der Waals surface area contributed by atoms with Gasteiger partial charge in [-0.25, -0.2) is 0 Å². The average Bonchev–Trinajstić information content (AvgIpc) is 2.71. The predicted molar refractivity (Wildman–Crippen MR) is 71.2 cm³/mol. The summed E-state index contributed by atoms with van der Waals surface area (Å²) in [5, 5.41) is 10.2. The van der Waals surface area contributed by atoms with E-state index < -0.39 is 10.9 Å². The Morgan fingerprint density at radius 1 is 1.41 bits per heavy atom. The minimum absolute atomic E-state index is 0.231. The van der Waals surface area contributed by atoms with E-state index in [2.05, 4.69) is 6.92 Å². The van der Waals surface area contributed by atoms with Crippen LogP contribution < -0.4 is 0 Å². The van der Waals surface area contributed by atoms with Gasteiger partial charge in [-0.2, -0.15) is 0 Å². The molecule has 3 nitrogen and oxygen atoms in total. The van der Waals surface area contributed by atoms with Crippen LogP contribution in [-0.2, 0) is 9.53 Å². The molecule has 1 heterocycles. The zero-order valence-electron chi connectivity index (χ0n) is 10.9. The minimum Gasteiger partial charge on any atom is -0.465 e. The lowest BCUT2D eigenvalue weighted by Gasteiger charge is -2.28. The van der Waals surface area contributed by atoms with Crippen LogP contribution in [0.25, 0.3) is 0 Å². The van der Waals surface area contributed by atoms with E-state index in [9.17, 15) is 9.90 Å². The van der Waals surface area contributed by atoms with E-state index in [-0.39, 0.29) is 5.97 Å². The number of thioether (sulfide) groups is 1. The lowest BCUT2D eigenvalue weighted by molar-refractivity contribution is -0.142. The zero-order chi connectivity index (χ0) is 12.7. The van der Waals surface area contributed by atoms with Crippen LogP contribution in [0.1, 0.15) is 51.9 Å². The molecule has 0 aromatic heterocycles. The Kier molecular flexibility index (Phi) is 6.34. The van der Waals surface area contributed by atoms with E-state index in [1.807, 2.05) is 6.26 Å². The molecule has 0 spiro atoms. The second-order valence-electron chi connectivity index (χ2n) is 4.70. The molecule has 4 heteroatoms. The number of hydrogen-bond acceptors (Lipinski definition) is 4. The SMILES string of the molecule is CCCCCCC[C@@H](O)[C@@]1(SC)CCOC1=O. The first kappa shape index (κ1) is 14.8. The third-order valence-corrected chi connectivity index (χ3v) is 4.91. The van der Waals surface area contributed by atoms with Crippen molar-refractivity contribution in [1.29, 1.82) is 0 Å². The van der Waals surface area contributed by atoms with Crippen LogP contribution in [0.15, 0.2) is 0 Å². The topological polar surface area (TPSA) is 46.5 Å². The molecule has 0 unspecified atom stereocenters. The molecule has 1 saturated heterocycles. The first-order chi connectivity index (χ1) is 8.17. The van der Waals surface area contributed by atoms with Crippen LogP contribution >= 0.6 is 11.8 Å². The molecule has 100 valence electrons. The Balaban J connectivity index is 2.34. The van der Waals surface area contributed by atoms with Gasteiger partial charge in [0.25, 0.3) is 0 Å². The molecule has 0 aromatic rings. The van der Waals surface area contributed by atoms with Crippen LogP contribution in [0.3, 0.4) is 0 Å². The summed E-state index contributed by atoms with van der Waals surface area (Å²) in [5.41, 5.74) is 0. The normalized spacial score (nSPS) is 25.9. The molecule has 0 aromatic carbocycles. The molecule has 0 saturated carbocycles. The molecule has 2 atom stereocenters. The third kappa shape index (κ3) is 3.62. The Morgan fingerprint density at radius 2 is 2.12 bits per heavy atom. The standard InChI is InChI=1S/C13H24O3S/c1-3-4-5-6-7-8-11(14)13(17-2)9-10-16-12(13)15/h11,14H,3-10H2,1-2H3/t11-,13+/m1/s1. The number of esters is 1. The van der Waals surface area contributed by atoms with E-state index in [4.69, 9.17) is 4.74 Å². The van der Waals surface area contributed by atoms with Gasteiger partial charge in [0.15, 0.2) is 0 Å². The molecule has 0 bridgehead atoms. The minimum atomic E-state index is -0.690. The average molecular weight is 260 g/mol. The van der Waals surface area contributed by atoms with Crippen LogP contribution in [0.2, 0.25) is 0 Å². The number of carbonyl (C=O) groups is 1. The Hall–Kier alpha value is -0.220. The largest absolute Gasteiger partial charge is 0.465 e. The third-order valence-electron chi connectivity index (χ3n) is 3.54. The molecular formula is C13H24O3S. The number of aliphatic hydroxyl groups excluding tert-OH is 1. The number of unbranched alkanes of at least 4 members (excludes halogenated alkanes) is 4. The second-order valence-corrected chi connectivity index (χ2v) is 5.83. The fraction of sp³-hybridized carbons (Fsp3) is 0.923. The lowest BCUT2D eigenvalue weighted by atomic mass is 9.94. The zero-order valence-corrected chi connectivity index (χ0v) is 11.7. The van der Waals surface area contributed by atoms with E-state index >= 15 is 0 Å². The van der Waals surface area contributed by atoms with Gasteiger partial charge in [-0.3, -0.25) is 4.79 Å². The molecule has 0 amide bonds. The molecule has 0 radical (unpaired) electrons. The first-order valence-electron chi connectivity index (χ1n) is 6.58. The maximum Gasteiger partial charge on any atom is 0.325 e. The van der Waals surface area contributed by atoms with Crippen molar-refractivity contribution in [3.8, 4) is 0 Å². The highest BCUT2D eigenvalue weighted by Gasteiger charge is 2.49. The monoisotopic (exact) mass is 260 g/mol. The summed E-state index contributed by atoms with van der Waals surface area (Å²) in [7, 11) is 0. The van der Waals surface area contributed by atoms with Crippen molar-refractivity contribution in [2.24, 2.45) is 0 Å². The summed E-state index contributed by atoms with van der Waals surface area (Å²) in [6.45, 7) is 2.64. The van der Waals surface area contributed by atoms with E-state index in [1.165, 1.54) is 31.0 Å². The van der Waals surface area contributed by atoms with Gasteiger partial charge < -0.3 is 9.84 Å². The van der Waals surface area contributed by atoms with E-state index in [0.29, 0.717) is 19.4 Å². The van der Waals surface area contributed by atoms with Crippen LogP contribution in [-0.4, -0.2) is 34.8 Å². The van der Waals surface area contributed by atoms with Gasteiger partial charge >= 0.3 is 5.97 Å². The Bertz CT molecular complexity index is 245. The molecule has 1 N–H and O–H groups in total. The van der Waals surface area contributed by atoms with Crippen LogP contribution in [0, 0.1) is 0 Å². The highest BCUT2D eigenvalue weighted by Crippen LogP contribution is 2.38. The summed E-state index contributed by atoms with van der Waals surface area (Å²) >= 11 is 1.44. The van der Waals surface area contributed by atoms with Gasteiger partial charge in [-0.15, -0.1) is 11.8 Å². The maximum absolute atomic E-state index is 11.7. The van der Waals surface area contributed by atoms with Crippen LogP contribution in [0.4, 0.5) is 0 Å². The van der Waals surface area contributed by atoms with Crippen LogP contribution in [0.5, 0.6) is 0 Å². The smallest absolute Gasteiger partial charge is 0.325 e. The first-order valence-corrected chi connectivity index (χ1v) is 7.80. The van der Waals surface area contributed by atoms with Crippen molar-refractivity contribution in [3.63, 3.8) is 0 Å². The number of aliphatic hydroxyl groups is 1. The van der Waals surface area contributed by atoms with Gasteiger partial charge in [-0.05, 0) is 12.7 Å². The Labute approximate surface area is 108 Å². The maximum atomic E-state index is 11.7. The van der Waals surface area contributed by atoms with Gasteiger partial charge in [0, 0.05) is 6.42 Å². The molecular weight excluding hydrogens is 236 g/mol. The van der Waals surface area contributed by atoms with Crippen molar-refractivity contribution >= 4 is 17.7 Å². The fourth-order valence-corrected chi connectivity index (χ4v) is 3.22. The predicted octanol–water partition coefficient (Wildman–Crippen LogP) is 2.76. The number of carbonyl (C=O) groups excluding carboxylic acids is 1. The van der Waals surface area contributed by atoms with Gasteiger partial charge in [-0.1, -0.05) is 39.0 Å². The Morgan fingerprint density at radius 3 is 2.65 bits per heavy atom. The number of hydrogen-bond donors (Lipinski definition) is 1. The van der Waals surface area contributed by atoms with Gasteiger partial charge in [0.05, 0.1) is 12.7 Å². The molecule has 1 fully saturated rings. The summed E-state index contributed by atoms with van der Waals surface area (Å²) in [4.78, 5) is 11.7. The fourth-order valence-electron chi connectivity index (χ4n) is 2.32. The summed E-state index contributed by atoms with van der Waals surface area (Å²) < 4.78 is 4.32. The number of rotatable bonds is 8. The van der Waals surface area contributed by atoms with Crippen molar-refractivity contribution in [3.05, 3.63) is 0 Å². The van der Waals surface area contributed by atoms with E-state index in [0.717, 1.165) is 12.8 Å². The quantitative estimate of drug-likeness (QED) is 0.538.